The minimum Gasteiger partial charge on any atom is -0.487 e. The lowest BCUT2D eigenvalue weighted by molar-refractivity contribution is -0.134. The number of carbonyl (C=O) groups is 3. The molecule has 3 aromatic rings. The maximum atomic E-state index is 14.4. The third-order valence-electron chi connectivity index (χ3n) is 6.30. The summed E-state index contributed by atoms with van der Waals surface area (Å²) in [5.74, 6) is -1.92. The summed E-state index contributed by atoms with van der Waals surface area (Å²) >= 11 is 6.40. The van der Waals surface area contributed by atoms with Crippen LogP contribution in [-0.2, 0) is 22.7 Å². The number of allylic oxidation sites excluding steroid dienone is 1. The number of ether oxygens (including phenoxy) is 1. The number of carbonyl (C=O) groups excluding carboxylic acids is 3. The van der Waals surface area contributed by atoms with Crippen molar-refractivity contribution in [2.24, 2.45) is 10.7 Å². The van der Waals surface area contributed by atoms with Crippen LogP contribution in [0, 0.1) is 12.7 Å². The Kier molecular flexibility index (Phi) is 8.82. The standard InChI is InChI=1S/C28H27ClF2N6O4/c1-16-7-23(33-11-19(31)10-32)20-5-4-6-24(27(20)34-16)41-15-21-17(8-18(30)9-22(21)29)12-36-13-26(39)37(28(36)40)14-25(38)35(2)3/h4-11H,12-15,32H2,1-3H3/b19-10+,33-11?. The van der Waals surface area contributed by atoms with Crippen molar-refractivity contribution in [3.63, 3.8) is 0 Å². The Morgan fingerprint density at radius 2 is 2.02 bits per heavy atom. The molecule has 1 saturated heterocycles. The summed E-state index contributed by atoms with van der Waals surface area (Å²) in [6.45, 7) is 0.826. The van der Waals surface area contributed by atoms with Crippen molar-refractivity contribution in [1.82, 2.24) is 19.7 Å². The van der Waals surface area contributed by atoms with Crippen molar-refractivity contribution in [2.45, 2.75) is 20.1 Å². The average Bonchev–Trinajstić information content (AvgIpc) is 3.18. The minimum atomic E-state index is -0.705. The number of likely N-dealkylation sites (N-methyl/N-ethyl adjacent to an activating group) is 1. The van der Waals surface area contributed by atoms with Gasteiger partial charge in [0.1, 0.15) is 36.8 Å². The van der Waals surface area contributed by atoms with E-state index in [1.165, 1.54) is 30.0 Å². The Hall–Kier alpha value is -4.58. The summed E-state index contributed by atoms with van der Waals surface area (Å²) in [5, 5.41) is 0.657. The zero-order valence-electron chi connectivity index (χ0n) is 22.5. The summed E-state index contributed by atoms with van der Waals surface area (Å²) in [4.78, 5) is 49.5. The second-order valence-corrected chi connectivity index (χ2v) is 9.87. The van der Waals surface area contributed by atoms with E-state index in [1.54, 1.807) is 31.2 Å². The number of imide groups is 1. The number of halogens is 3. The molecule has 0 unspecified atom stereocenters. The van der Waals surface area contributed by atoms with Gasteiger partial charge in [-0.05, 0) is 36.8 Å². The number of amides is 4. The highest BCUT2D eigenvalue weighted by Crippen LogP contribution is 2.33. The molecule has 4 rings (SSSR count). The number of aliphatic imine (C=N–C) groups is 1. The van der Waals surface area contributed by atoms with Crippen LogP contribution in [0.4, 0.5) is 19.3 Å². The average molecular weight is 585 g/mol. The second-order valence-electron chi connectivity index (χ2n) is 9.47. The number of benzene rings is 2. The molecule has 0 radical (unpaired) electrons. The van der Waals surface area contributed by atoms with Gasteiger partial charge in [-0.15, -0.1) is 0 Å². The van der Waals surface area contributed by atoms with Gasteiger partial charge in [0, 0.05) is 43.5 Å². The third-order valence-corrected chi connectivity index (χ3v) is 6.64. The van der Waals surface area contributed by atoms with E-state index in [9.17, 15) is 23.2 Å². The first-order chi connectivity index (χ1) is 19.5. The monoisotopic (exact) mass is 584 g/mol. The van der Waals surface area contributed by atoms with E-state index < -0.39 is 36.0 Å². The van der Waals surface area contributed by atoms with E-state index in [-0.39, 0.29) is 24.7 Å². The quantitative estimate of drug-likeness (QED) is 0.297. The summed E-state index contributed by atoms with van der Waals surface area (Å²) in [7, 11) is 3.04. The van der Waals surface area contributed by atoms with Gasteiger partial charge >= 0.3 is 6.03 Å². The van der Waals surface area contributed by atoms with E-state index in [1.807, 2.05) is 0 Å². The topological polar surface area (TPSA) is 121 Å². The molecule has 4 amide bonds. The largest absolute Gasteiger partial charge is 0.487 e. The molecule has 13 heteroatoms. The number of hydrogen-bond donors (Lipinski definition) is 1. The van der Waals surface area contributed by atoms with E-state index in [0.717, 1.165) is 23.4 Å². The molecule has 0 aliphatic carbocycles. The van der Waals surface area contributed by atoms with Crippen LogP contribution in [0.25, 0.3) is 10.9 Å². The highest BCUT2D eigenvalue weighted by Gasteiger charge is 2.37. The van der Waals surface area contributed by atoms with Crippen LogP contribution in [0.1, 0.15) is 16.8 Å². The zero-order chi connectivity index (χ0) is 29.8. The fourth-order valence-electron chi connectivity index (χ4n) is 4.19. The Morgan fingerprint density at radius 1 is 1.27 bits per heavy atom. The first kappa shape index (κ1) is 29.4. The van der Waals surface area contributed by atoms with Crippen LogP contribution in [0.3, 0.4) is 0 Å². The fourth-order valence-corrected chi connectivity index (χ4v) is 4.47. The van der Waals surface area contributed by atoms with Gasteiger partial charge in [0.15, 0.2) is 5.83 Å². The van der Waals surface area contributed by atoms with Crippen molar-refractivity contribution in [2.75, 3.05) is 27.2 Å². The van der Waals surface area contributed by atoms with Gasteiger partial charge in [0.2, 0.25) is 5.91 Å². The van der Waals surface area contributed by atoms with Crippen LogP contribution in [-0.4, -0.2) is 70.9 Å². The van der Waals surface area contributed by atoms with Gasteiger partial charge in [-0.3, -0.25) is 19.5 Å². The Bertz CT molecular complexity index is 1590. The molecule has 0 saturated carbocycles. The molecule has 0 spiro atoms. The molecular formula is C28H27ClF2N6O4. The highest BCUT2D eigenvalue weighted by atomic mass is 35.5. The van der Waals surface area contributed by atoms with Gasteiger partial charge < -0.3 is 20.3 Å². The molecule has 214 valence electrons. The van der Waals surface area contributed by atoms with E-state index in [4.69, 9.17) is 22.1 Å². The summed E-state index contributed by atoms with van der Waals surface area (Å²) in [6, 6.07) is 8.51. The third kappa shape index (κ3) is 6.60. The van der Waals surface area contributed by atoms with Crippen molar-refractivity contribution in [3.8, 4) is 5.75 Å². The molecule has 41 heavy (non-hydrogen) atoms. The van der Waals surface area contributed by atoms with Crippen molar-refractivity contribution in [1.29, 1.82) is 0 Å². The van der Waals surface area contributed by atoms with Crippen LogP contribution in [0.2, 0.25) is 5.02 Å². The predicted molar refractivity (Wildman–Crippen MR) is 150 cm³/mol. The zero-order valence-corrected chi connectivity index (χ0v) is 23.3. The van der Waals surface area contributed by atoms with Crippen molar-refractivity contribution in [3.05, 3.63) is 76.1 Å². The van der Waals surface area contributed by atoms with Gasteiger partial charge in [-0.25, -0.2) is 18.6 Å². The van der Waals surface area contributed by atoms with Gasteiger partial charge in [0.05, 0.1) is 16.9 Å². The molecular weight excluding hydrogens is 558 g/mol. The number of nitrogens with two attached hydrogens (primary N) is 1. The summed E-state index contributed by atoms with van der Waals surface area (Å²) in [6.07, 6.45) is 1.79. The fraction of sp³-hybridized carbons (Fsp3) is 0.250. The number of nitrogens with zero attached hydrogens (tertiary/aromatic N) is 5. The number of hydrogen-bond acceptors (Lipinski definition) is 7. The number of aryl methyl sites for hydroxylation is 1. The number of rotatable bonds is 9. The first-order valence-electron chi connectivity index (χ1n) is 12.4. The molecule has 1 aliphatic heterocycles. The van der Waals surface area contributed by atoms with Gasteiger partial charge in [-0.2, -0.15) is 0 Å². The van der Waals surface area contributed by atoms with E-state index >= 15 is 0 Å². The molecule has 10 nitrogen and oxygen atoms in total. The molecule has 1 fully saturated rings. The number of urea groups is 1. The Labute approximate surface area is 239 Å². The number of para-hydroxylation sites is 1. The maximum Gasteiger partial charge on any atom is 0.328 e. The summed E-state index contributed by atoms with van der Waals surface area (Å²) < 4.78 is 34.0. The smallest absolute Gasteiger partial charge is 0.328 e. The Balaban J connectivity index is 1.61. The summed E-state index contributed by atoms with van der Waals surface area (Å²) in [5.41, 5.74) is 7.42. The Morgan fingerprint density at radius 3 is 2.73 bits per heavy atom. The van der Waals surface area contributed by atoms with Crippen LogP contribution in [0.5, 0.6) is 5.75 Å². The number of aromatic nitrogens is 1. The highest BCUT2D eigenvalue weighted by molar-refractivity contribution is 6.31. The molecule has 0 atom stereocenters. The molecule has 1 aliphatic rings. The van der Waals surface area contributed by atoms with Crippen molar-refractivity contribution < 1.29 is 27.9 Å². The molecule has 0 bridgehead atoms. The molecule has 1 aromatic heterocycles. The normalized spacial score (nSPS) is 14.0. The first-order valence-corrected chi connectivity index (χ1v) is 12.8. The van der Waals surface area contributed by atoms with Crippen LogP contribution < -0.4 is 10.5 Å². The van der Waals surface area contributed by atoms with Crippen LogP contribution >= 0.6 is 11.6 Å². The number of fused-ring (bicyclic) bond motifs is 1. The molecule has 2 N–H and O–H groups in total. The maximum absolute atomic E-state index is 14.4. The minimum absolute atomic E-state index is 0.0660. The molecule has 2 aromatic carbocycles. The van der Waals surface area contributed by atoms with Crippen LogP contribution in [0.15, 0.2) is 53.4 Å². The van der Waals surface area contributed by atoms with E-state index in [2.05, 4.69) is 9.98 Å². The predicted octanol–water partition coefficient (Wildman–Crippen LogP) is 4.24. The van der Waals surface area contributed by atoms with Gasteiger partial charge in [0.25, 0.3) is 5.91 Å². The lowest BCUT2D eigenvalue weighted by Crippen LogP contribution is -2.41. The van der Waals surface area contributed by atoms with E-state index in [0.29, 0.717) is 39.2 Å². The van der Waals surface area contributed by atoms with Crippen molar-refractivity contribution >= 4 is 52.3 Å². The number of pyridine rings is 1. The second kappa shape index (κ2) is 12.3. The lowest BCUT2D eigenvalue weighted by atomic mass is 10.1. The molecule has 2 heterocycles. The SMILES string of the molecule is Cc1cc(N=C/C(F)=C\N)c2cccc(OCc3c(Cl)cc(F)cc3CN3CC(=O)N(CC(=O)N(C)C)C3=O)c2n1. The van der Waals surface area contributed by atoms with Gasteiger partial charge in [-0.1, -0.05) is 23.7 Å². The lowest BCUT2D eigenvalue weighted by Gasteiger charge is -2.20.